The molecular formula is C16H22FNO3. The summed E-state index contributed by atoms with van der Waals surface area (Å²) < 4.78 is 23.7. The molecule has 1 aliphatic rings. The van der Waals surface area contributed by atoms with E-state index in [2.05, 4.69) is 4.90 Å². The van der Waals surface area contributed by atoms with Crippen molar-refractivity contribution in [3.05, 3.63) is 29.6 Å². The van der Waals surface area contributed by atoms with Crippen LogP contribution < -0.4 is 4.74 Å². The van der Waals surface area contributed by atoms with Crippen LogP contribution in [-0.2, 0) is 16.1 Å². The number of benzene rings is 1. The van der Waals surface area contributed by atoms with E-state index in [0.717, 1.165) is 24.9 Å². The third-order valence-electron chi connectivity index (χ3n) is 3.75. The Kier molecular flexibility index (Phi) is 5.56. The molecule has 5 heteroatoms. The number of methoxy groups -OCH3 is 1. The lowest BCUT2D eigenvalue weighted by Gasteiger charge is -2.31. The number of hydrogen-bond donors (Lipinski definition) is 0. The maximum absolute atomic E-state index is 13.7. The molecule has 1 fully saturated rings. The predicted molar refractivity (Wildman–Crippen MR) is 77.6 cm³/mol. The molecule has 0 aliphatic carbocycles. The summed E-state index contributed by atoms with van der Waals surface area (Å²) in [6.45, 7) is 4.46. The van der Waals surface area contributed by atoms with Crippen molar-refractivity contribution in [3.8, 4) is 5.75 Å². The van der Waals surface area contributed by atoms with Gasteiger partial charge < -0.3 is 9.47 Å². The summed E-state index contributed by atoms with van der Waals surface area (Å²) in [4.78, 5) is 14.0. The Morgan fingerprint density at radius 3 is 2.95 bits per heavy atom. The van der Waals surface area contributed by atoms with Gasteiger partial charge in [-0.05, 0) is 44.0 Å². The molecule has 1 aromatic carbocycles. The van der Waals surface area contributed by atoms with E-state index in [9.17, 15) is 9.18 Å². The number of hydrogen-bond acceptors (Lipinski definition) is 4. The van der Waals surface area contributed by atoms with Crippen LogP contribution in [0.4, 0.5) is 4.39 Å². The van der Waals surface area contributed by atoms with Crippen molar-refractivity contribution >= 4 is 5.97 Å². The van der Waals surface area contributed by atoms with Crippen LogP contribution in [0.25, 0.3) is 0 Å². The van der Waals surface area contributed by atoms with Gasteiger partial charge in [-0.25, -0.2) is 4.39 Å². The molecule has 1 aliphatic heterocycles. The van der Waals surface area contributed by atoms with Gasteiger partial charge in [-0.1, -0.05) is 6.07 Å². The van der Waals surface area contributed by atoms with E-state index in [1.807, 2.05) is 13.0 Å². The lowest BCUT2D eigenvalue weighted by atomic mass is 9.97. The standard InChI is InChI=1S/C16H22FNO3/c1-3-21-16(19)13-5-4-8-18(11-13)10-12-6-7-15(20-2)14(17)9-12/h6-7,9,13H,3-5,8,10-11H2,1-2H3/t13-/m1/s1. The lowest BCUT2D eigenvalue weighted by Crippen LogP contribution is -2.38. The fourth-order valence-electron chi connectivity index (χ4n) is 2.72. The molecule has 0 unspecified atom stereocenters. The van der Waals surface area contributed by atoms with E-state index in [0.29, 0.717) is 19.7 Å². The summed E-state index contributed by atoms with van der Waals surface area (Å²) in [5, 5.41) is 0. The molecule has 1 saturated heterocycles. The van der Waals surface area contributed by atoms with E-state index >= 15 is 0 Å². The molecule has 1 atom stereocenters. The zero-order chi connectivity index (χ0) is 15.2. The number of piperidine rings is 1. The van der Waals surface area contributed by atoms with E-state index in [-0.39, 0.29) is 23.5 Å². The molecule has 0 N–H and O–H groups in total. The normalized spacial score (nSPS) is 19.3. The molecule has 0 aromatic heterocycles. The largest absolute Gasteiger partial charge is 0.494 e. The van der Waals surface area contributed by atoms with Crippen molar-refractivity contribution in [1.82, 2.24) is 4.90 Å². The molecule has 0 amide bonds. The topological polar surface area (TPSA) is 38.8 Å². The van der Waals surface area contributed by atoms with Gasteiger partial charge in [0.15, 0.2) is 11.6 Å². The fraction of sp³-hybridized carbons (Fsp3) is 0.562. The first-order chi connectivity index (χ1) is 10.1. The molecule has 21 heavy (non-hydrogen) atoms. The van der Waals surface area contributed by atoms with Crippen LogP contribution in [0, 0.1) is 11.7 Å². The maximum Gasteiger partial charge on any atom is 0.310 e. The zero-order valence-corrected chi connectivity index (χ0v) is 12.6. The van der Waals surface area contributed by atoms with E-state index in [1.54, 1.807) is 6.07 Å². The average molecular weight is 295 g/mol. The molecule has 116 valence electrons. The van der Waals surface area contributed by atoms with Gasteiger partial charge in [0.25, 0.3) is 0 Å². The Balaban J connectivity index is 1.96. The number of likely N-dealkylation sites (tertiary alicyclic amines) is 1. The van der Waals surface area contributed by atoms with Gasteiger partial charge in [0.05, 0.1) is 19.6 Å². The number of nitrogens with zero attached hydrogens (tertiary/aromatic N) is 1. The van der Waals surface area contributed by atoms with E-state index < -0.39 is 0 Å². The number of carbonyl (C=O) groups is 1. The molecule has 2 rings (SSSR count). The predicted octanol–water partition coefficient (Wildman–Crippen LogP) is 2.61. The number of ether oxygens (including phenoxy) is 2. The van der Waals surface area contributed by atoms with Crippen LogP contribution in [0.2, 0.25) is 0 Å². The molecule has 0 radical (unpaired) electrons. The first kappa shape index (κ1) is 15.8. The van der Waals surface area contributed by atoms with Gasteiger partial charge in [-0.15, -0.1) is 0 Å². The second kappa shape index (κ2) is 7.41. The minimum atomic E-state index is -0.353. The minimum Gasteiger partial charge on any atom is -0.494 e. The summed E-state index contributed by atoms with van der Waals surface area (Å²) in [7, 11) is 1.45. The van der Waals surface area contributed by atoms with Crippen LogP contribution >= 0.6 is 0 Å². The number of halogens is 1. The molecule has 4 nitrogen and oxygen atoms in total. The SMILES string of the molecule is CCOC(=O)[C@@H]1CCCN(Cc2ccc(OC)c(F)c2)C1. The Bertz CT molecular complexity index is 492. The van der Waals surface area contributed by atoms with Crippen molar-refractivity contribution in [1.29, 1.82) is 0 Å². The second-order valence-corrected chi connectivity index (χ2v) is 5.30. The van der Waals surface area contributed by atoms with Crippen molar-refractivity contribution in [2.45, 2.75) is 26.3 Å². The van der Waals surface area contributed by atoms with Crippen LogP contribution in [0.5, 0.6) is 5.75 Å². The average Bonchev–Trinajstić information content (AvgIpc) is 2.48. The zero-order valence-electron chi connectivity index (χ0n) is 12.6. The summed E-state index contributed by atoms with van der Waals surface area (Å²) >= 11 is 0. The molecule has 1 heterocycles. The first-order valence-electron chi connectivity index (χ1n) is 7.35. The van der Waals surface area contributed by atoms with Crippen molar-refractivity contribution < 1.29 is 18.7 Å². The van der Waals surface area contributed by atoms with Crippen LogP contribution in [-0.4, -0.2) is 37.7 Å². The molecule has 0 spiro atoms. The van der Waals surface area contributed by atoms with Crippen molar-refractivity contribution in [2.24, 2.45) is 5.92 Å². The Morgan fingerprint density at radius 2 is 2.29 bits per heavy atom. The van der Waals surface area contributed by atoms with Gasteiger partial charge in [-0.3, -0.25) is 9.69 Å². The summed E-state index contributed by atoms with van der Waals surface area (Å²) in [5.74, 6) is -0.291. The van der Waals surface area contributed by atoms with Crippen LogP contribution in [0.15, 0.2) is 18.2 Å². The van der Waals surface area contributed by atoms with Crippen molar-refractivity contribution in [3.63, 3.8) is 0 Å². The Labute approximate surface area is 124 Å². The van der Waals surface area contributed by atoms with Gasteiger partial charge in [0, 0.05) is 13.1 Å². The highest BCUT2D eigenvalue weighted by Crippen LogP contribution is 2.22. The number of carbonyl (C=O) groups excluding carboxylic acids is 1. The van der Waals surface area contributed by atoms with E-state index in [1.165, 1.54) is 13.2 Å². The molecule has 1 aromatic rings. The third kappa shape index (κ3) is 4.17. The van der Waals surface area contributed by atoms with Gasteiger partial charge in [0.2, 0.25) is 0 Å². The minimum absolute atomic E-state index is 0.0678. The highest BCUT2D eigenvalue weighted by Gasteiger charge is 2.26. The monoisotopic (exact) mass is 295 g/mol. The van der Waals surface area contributed by atoms with Crippen LogP contribution in [0.1, 0.15) is 25.3 Å². The fourth-order valence-corrected chi connectivity index (χ4v) is 2.72. The van der Waals surface area contributed by atoms with Gasteiger partial charge >= 0.3 is 5.97 Å². The lowest BCUT2D eigenvalue weighted by molar-refractivity contribution is -0.150. The van der Waals surface area contributed by atoms with Crippen LogP contribution in [0.3, 0.4) is 0 Å². The summed E-state index contributed by atoms with van der Waals surface area (Å²) in [6.07, 6.45) is 1.83. The molecule has 0 bridgehead atoms. The highest BCUT2D eigenvalue weighted by molar-refractivity contribution is 5.72. The number of rotatable bonds is 5. The van der Waals surface area contributed by atoms with Gasteiger partial charge in [0.1, 0.15) is 0 Å². The second-order valence-electron chi connectivity index (χ2n) is 5.30. The van der Waals surface area contributed by atoms with E-state index in [4.69, 9.17) is 9.47 Å². The summed E-state index contributed by atoms with van der Waals surface area (Å²) in [6, 6.07) is 4.99. The highest BCUT2D eigenvalue weighted by atomic mass is 19.1. The number of esters is 1. The molecule has 0 saturated carbocycles. The Morgan fingerprint density at radius 1 is 1.48 bits per heavy atom. The smallest absolute Gasteiger partial charge is 0.310 e. The maximum atomic E-state index is 13.7. The van der Waals surface area contributed by atoms with Gasteiger partial charge in [-0.2, -0.15) is 0 Å². The first-order valence-corrected chi connectivity index (χ1v) is 7.35. The van der Waals surface area contributed by atoms with Crippen molar-refractivity contribution in [2.75, 3.05) is 26.8 Å². The quantitative estimate of drug-likeness (QED) is 0.783. The Hall–Kier alpha value is -1.62. The molecular weight excluding hydrogens is 273 g/mol. The summed E-state index contributed by atoms with van der Waals surface area (Å²) in [5.41, 5.74) is 0.887. The third-order valence-corrected chi connectivity index (χ3v) is 3.75.